The van der Waals surface area contributed by atoms with Crippen molar-refractivity contribution in [1.82, 2.24) is 9.97 Å². The van der Waals surface area contributed by atoms with Crippen molar-refractivity contribution in [3.8, 4) is 78.4 Å². The highest BCUT2D eigenvalue weighted by atomic mass is 16.3. The van der Waals surface area contributed by atoms with Crippen LogP contribution in [0.25, 0.3) is 111 Å². The Bertz CT molecular complexity index is 3310. The van der Waals surface area contributed by atoms with Crippen molar-refractivity contribution in [2.45, 2.75) is 0 Å². The van der Waals surface area contributed by atoms with E-state index in [1.54, 1.807) is 0 Å². The van der Waals surface area contributed by atoms with Crippen molar-refractivity contribution in [3.05, 3.63) is 218 Å². The van der Waals surface area contributed by atoms with E-state index in [4.69, 9.17) is 14.4 Å². The van der Waals surface area contributed by atoms with E-state index in [-0.39, 0.29) is 0 Å². The number of aromatic nitrogens is 2. The molecule has 9 aromatic carbocycles. The highest BCUT2D eigenvalue weighted by Crippen LogP contribution is 2.40. The van der Waals surface area contributed by atoms with E-state index in [1.165, 1.54) is 21.9 Å². The molecule has 2 aromatic heterocycles. The molecule has 0 aliphatic heterocycles. The van der Waals surface area contributed by atoms with Crippen LogP contribution in [-0.4, -0.2) is 9.97 Å². The van der Waals surface area contributed by atoms with Gasteiger partial charge < -0.3 is 4.42 Å². The molecule has 0 bridgehead atoms. The minimum atomic E-state index is 0.673. The van der Waals surface area contributed by atoms with E-state index in [2.05, 4.69) is 212 Å². The third kappa shape index (κ3) is 6.45. The normalized spacial score (nSPS) is 11.4. The molecule has 0 saturated carbocycles. The van der Waals surface area contributed by atoms with E-state index >= 15 is 0 Å². The number of hydrogen-bond acceptors (Lipinski definition) is 3. The van der Waals surface area contributed by atoms with E-state index < -0.39 is 0 Å². The number of furan rings is 1. The zero-order chi connectivity index (χ0) is 39.1. The number of benzene rings is 9. The van der Waals surface area contributed by atoms with Crippen LogP contribution in [0, 0.1) is 0 Å². The third-order valence-corrected chi connectivity index (χ3v) is 11.3. The first-order valence-electron chi connectivity index (χ1n) is 20.0. The van der Waals surface area contributed by atoms with Gasteiger partial charge in [0, 0.05) is 27.5 Å². The molecular weight excluding hydrogens is 717 g/mol. The topological polar surface area (TPSA) is 38.9 Å². The summed E-state index contributed by atoms with van der Waals surface area (Å²) >= 11 is 0. The van der Waals surface area contributed by atoms with Crippen molar-refractivity contribution < 1.29 is 4.42 Å². The molecule has 0 fully saturated rings. The molecule has 276 valence electrons. The standard InChI is InChI=1S/C56H36N2O/c1-4-14-37(15-5-1)41-21-12-23-44(32-41)47-29-26-46(35-49(47)38-16-6-2-7-17-38)56-57-51(40-19-8-3-9-20-40)36-52(58-56)45-24-13-22-42(33-45)43-28-30-53-50(34-43)55-48-25-11-10-18-39(48)27-31-54(55)59-53/h1-36H. The van der Waals surface area contributed by atoms with Gasteiger partial charge >= 0.3 is 0 Å². The Morgan fingerprint density at radius 1 is 0.288 bits per heavy atom. The SMILES string of the molecule is c1ccc(-c2cccc(-c3ccc(-c4nc(-c5ccccc5)cc(-c5cccc(-c6ccc7oc8ccc9ccccc9c8c7c6)c5)n4)cc3-c3ccccc3)c2)cc1. The zero-order valence-corrected chi connectivity index (χ0v) is 32.1. The minimum Gasteiger partial charge on any atom is -0.456 e. The Morgan fingerprint density at radius 2 is 0.847 bits per heavy atom. The van der Waals surface area contributed by atoms with Crippen LogP contribution in [0.3, 0.4) is 0 Å². The highest BCUT2D eigenvalue weighted by molar-refractivity contribution is 6.19. The summed E-state index contributed by atoms with van der Waals surface area (Å²) in [6, 6.07) is 76.9. The Hall–Kier alpha value is -7.88. The molecule has 3 nitrogen and oxygen atoms in total. The average molecular weight is 753 g/mol. The van der Waals surface area contributed by atoms with Gasteiger partial charge in [-0.15, -0.1) is 0 Å². The number of nitrogens with zero attached hydrogens (tertiary/aromatic N) is 2. The summed E-state index contributed by atoms with van der Waals surface area (Å²) in [7, 11) is 0. The fourth-order valence-corrected chi connectivity index (χ4v) is 8.35. The molecule has 0 radical (unpaired) electrons. The lowest BCUT2D eigenvalue weighted by molar-refractivity contribution is 0.669. The molecule has 3 heteroatoms. The Labute approximate surface area is 342 Å². The van der Waals surface area contributed by atoms with Crippen molar-refractivity contribution >= 4 is 32.7 Å². The lowest BCUT2D eigenvalue weighted by Crippen LogP contribution is -1.97. The maximum absolute atomic E-state index is 6.33. The summed E-state index contributed by atoms with van der Waals surface area (Å²) in [6.45, 7) is 0. The van der Waals surface area contributed by atoms with Crippen LogP contribution in [0.4, 0.5) is 0 Å². The Balaban J connectivity index is 1.04. The van der Waals surface area contributed by atoms with E-state index in [1.807, 2.05) is 6.07 Å². The second-order valence-corrected chi connectivity index (χ2v) is 15.0. The average Bonchev–Trinajstić information content (AvgIpc) is 3.71. The third-order valence-electron chi connectivity index (χ3n) is 11.3. The van der Waals surface area contributed by atoms with E-state index in [0.29, 0.717) is 5.82 Å². The Kier molecular flexibility index (Phi) is 8.49. The molecule has 0 aliphatic carbocycles. The van der Waals surface area contributed by atoms with Crippen LogP contribution < -0.4 is 0 Å². The quantitative estimate of drug-likeness (QED) is 0.163. The lowest BCUT2D eigenvalue weighted by atomic mass is 9.91. The van der Waals surface area contributed by atoms with Gasteiger partial charge in [0.2, 0.25) is 0 Å². The molecule has 0 saturated heterocycles. The zero-order valence-electron chi connectivity index (χ0n) is 32.1. The molecule has 59 heavy (non-hydrogen) atoms. The largest absolute Gasteiger partial charge is 0.456 e. The van der Waals surface area contributed by atoms with Crippen LogP contribution >= 0.6 is 0 Å². The Morgan fingerprint density at radius 3 is 1.63 bits per heavy atom. The van der Waals surface area contributed by atoms with Gasteiger partial charge in [-0.05, 0) is 97.7 Å². The highest BCUT2D eigenvalue weighted by Gasteiger charge is 2.17. The summed E-state index contributed by atoms with van der Waals surface area (Å²) in [5, 5.41) is 4.65. The van der Waals surface area contributed by atoms with Crippen molar-refractivity contribution in [3.63, 3.8) is 0 Å². The molecule has 2 heterocycles. The summed E-state index contributed by atoms with van der Waals surface area (Å²) in [6.07, 6.45) is 0. The number of rotatable bonds is 7. The van der Waals surface area contributed by atoms with Gasteiger partial charge in [-0.2, -0.15) is 0 Å². The van der Waals surface area contributed by atoms with E-state index in [9.17, 15) is 0 Å². The molecule has 0 amide bonds. The van der Waals surface area contributed by atoms with Gasteiger partial charge in [0.15, 0.2) is 5.82 Å². The molecule has 11 aromatic rings. The van der Waals surface area contributed by atoms with Gasteiger partial charge in [0.1, 0.15) is 11.2 Å². The molecule has 0 N–H and O–H groups in total. The van der Waals surface area contributed by atoms with E-state index in [0.717, 1.165) is 83.4 Å². The van der Waals surface area contributed by atoms with Gasteiger partial charge in [-0.3, -0.25) is 0 Å². The molecule has 0 atom stereocenters. The first-order chi connectivity index (χ1) is 29.2. The molecule has 0 aliphatic rings. The lowest BCUT2D eigenvalue weighted by Gasteiger charge is -2.15. The minimum absolute atomic E-state index is 0.673. The summed E-state index contributed by atoms with van der Waals surface area (Å²) in [5.41, 5.74) is 15.7. The van der Waals surface area contributed by atoms with Crippen LogP contribution in [-0.2, 0) is 0 Å². The van der Waals surface area contributed by atoms with Gasteiger partial charge in [-0.1, -0.05) is 176 Å². The summed E-state index contributed by atoms with van der Waals surface area (Å²) in [4.78, 5) is 10.5. The maximum Gasteiger partial charge on any atom is 0.160 e. The van der Waals surface area contributed by atoms with Crippen molar-refractivity contribution in [2.24, 2.45) is 0 Å². The summed E-state index contributed by atoms with van der Waals surface area (Å²) in [5.74, 6) is 0.673. The fourth-order valence-electron chi connectivity index (χ4n) is 8.35. The van der Waals surface area contributed by atoms with Crippen LogP contribution in [0.15, 0.2) is 223 Å². The van der Waals surface area contributed by atoms with Gasteiger partial charge in [0.05, 0.1) is 11.4 Å². The molecular formula is C56H36N2O. The predicted octanol–water partition coefficient (Wildman–Crippen LogP) is 15.2. The fraction of sp³-hybridized carbons (Fsp3) is 0. The first-order valence-corrected chi connectivity index (χ1v) is 20.0. The monoisotopic (exact) mass is 752 g/mol. The number of fused-ring (bicyclic) bond motifs is 5. The van der Waals surface area contributed by atoms with Crippen LogP contribution in [0.5, 0.6) is 0 Å². The molecule has 0 spiro atoms. The molecule has 0 unspecified atom stereocenters. The van der Waals surface area contributed by atoms with Crippen LogP contribution in [0.1, 0.15) is 0 Å². The molecule has 11 rings (SSSR count). The van der Waals surface area contributed by atoms with Gasteiger partial charge in [0.25, 0.3) is 0 Å². The maximum atomic E-state index is 6.33. The smallest absolute Gasteiger partial charge is 0.160 e. The second kappa shape index (κ2) is 14.6. The van der Waals surface area contributed by atoms with Crippen molar-refractivity contribution in [2.75, 3.05) is 0 Å². The number of hydrogen-bond donors (Lipinski definition) is 0. The first kappa shape index (κ1) is 34.4. The second-order valence-electron chi connectivity index (χ2n) is 15.0. The van der Waals surface area contributed by atoms with Gasteiger partial charge in [-0.25, -0.2) is 9.97 Å². The van der Waals surface area contributed by atoms with Crippen LogP contribution in [0.2, 0.25) is 0 Å². The van der Waals surface area contributed by atoms with Crippen molar-refractivity contribution in [1.29, 1.82) is 0 Å². The predicted molar refractivity (Wildman–Crippen MR) is 245 cm³/mol. The summed E-state index contributed by atoms with van der Waals surface area (Å²) < 4.78 is 6.33.